The van der Waals surface area contributed by atoms with E-state index in [1.165, 1.54) is 0 Å². The van der Waals surface area contributed by atoms with Crippen LogP contribution in [0.3, 0.4) is 0 Å². The fraction of sp³-hybridized carbons (Fsp3) is 0.833. The normalized spacial score (nSPS) is 16.9. The van der Waals surface area contributed by atoms with Gasteiger partial charge >= 0.3 is 0 Å². The number of piperidine rings is 1. The lowest BCUT2D eigenvalue weighted by Gasteiger charge is -2.28. The molecule has 92 valence electrons. The van der Waals surface area contributed by atoms with Crippen LogP contribution >= 0.6 is 0 Å². The molecule has 0 spiro atoms. The van der Waals surface area contributed by atoms with E-state index in [2.05, 4.69) is 18.7 Å². The van der Waals surface area contributed by atoms with Crippen molar-refractivity contribution in [2.75, 3.05) is 32.7 Å². The molecule has 16 heavy (non-hydrogen) atoms. The van der Waals surface area contributed by atoms with Crippen molar-refractivity contribution in [2.24, 2.45) is 0 Å². The van der Waals surface area contributed by atoms with E-state index < -0.39 is 0 Å². The van der Waals surface area contributed by atoms with Crippen LogP contribution < -0.4 is 0 Å². The Kier molecular flexibility index (Phi) is 5.46. The van der Waals surface area contributed by atoms with Gasteiger partial charge in [0.1, 0.15) is 5.78 Å². The van der Waals surface area contributed by atoms with Crippen LogP contribution in [0.4, 0.5) is 0 Å². The topological polar surface area (TPSA) is 40.6 Å². The van der Waals surface area contributed by atoms with Gasteiger partial charge in [-0.3, -0.25) is 14.5 Å². The van der Waals surface area contributed by atoms with E-state index in [0.29, 0.717) is 32.5 Å². The third-order valence-electron chi connectivity index (χ3n) is 3.02. The summed E-state index contributed by atoms with van der Waals surface area (Å²) in [6, 6.07) is 0. The number of likely N-dealkylation sites (N-methyl/N-ethyl adjacent to an activating group) is 1. The molecule has 1 heterocycles. The lowest BCUT2D eigenvalue weighted by atomic mass is 10.1. The molecule has 0 N–H and O–H groups in total. The quantitative estimate of drug-likeness (QED) is 0.699. The molecule has 0 saturated carbocycles. The standard InChI is InChI=1S/C12H22N2O2/c1-3-7-13(4-2)10-12(16)14-8-5-11(15)6-9-14/h3-10H2,1-2H3. The number of nitrogens with zero attached hydrogens (tertiary/aromatic N) is 2. The first-order valence-corrected chi connectivity index (χ1v) is 6.19. The van der Waals surface area contributed by atoms with Crippen molar-refractivity contribution in [2.45, 2.75) is 33.1 Å². The molecule has 0 aromatic heterocycles. The summed E-state index contributed by atoms with van der Waals surface area (Å²) in [7, 11) is 0. The van der Waals surface area contributed by atoms with Gasteiger partial charge in [-0.15, -0.1) is 0 Å². The van der Waals surface area contributed by atoms with Crippen molar-refractivity contribution < 1.29 is 9.59 Å². The summed E-state index contributed by atoms with van der Waals surface area (Å²) in [6.45, 7) is 7.79. The SMILES string of the molecule is CCCN(CC)CC(=O)N1CCC(=O)CC1. The number of rotatable bonds is 5. The summed E-state index contributed by atoms with van der Waals surface area (Å²) in [5.41, 5.74) is 0. The number of amides is 1. The molecule has 0 bridgehead atoms. The van der Waals surface area contributed by atoms with Gasteiger partial charge in [0.2, 0.25) is 5.91 Å². The summed E-state index contributed by atoms with van der Waals surface area (Å²) in [5.74, 6) is 0.452. The van der Waals surface area contributed by atoms with Gasteiger partial charge in [0, 0.05) is 25.9 Å². The number of hydrogen-bond acceptors (Lipinski definition) is 3. The van der Waals surface area contributed by atoms with Crippen LogP contribution in [-0.2, 0) is 9.59 Å². The lowest BCUT2D eigenvalue weighted by molar-refractivity contribution is -0.135. The maximum atomic E-state index is 11.9. The summed E-state index contributed by atoms with van der Waals surface area (Å²) >= 11 is 0. The molecule has 0 aromatic rings. The molecular weight excluding hydrogens is 204 g/mol. The second-order valence-electron chi connectivity index (χ2n) is 4.29. The van der Waals surface area contributed by atoms with Gasteiger partial charge < -0.3 is 4.90 Å². The van der Waals surface area contributed by atoms with Gasteiger partial charge in [-0.1, -0.05) is 13.8 Å². The number of carbonyl (C=O) groups excluding carboxylic acids is 2. The first-order chi connectivity index (χ1) is 7.67. The minimum Gasteiger partial charge on any atom is -0.341 e. The fourth-order valence-corrected chi connectivity index (χ4v) is 1.96. The van der Waals surface area contributed by atoms with Gasteiger partial charge in [-0.2, -0.15) is 0 Å². The predicted molar refractivity (Wildman–Crippen MR) is 63.2 cm³/mol. The molecule has 0 aliphatic carbocycles. The Balaban J connectivity index is 2.36. The molecule has 4 heteroatoms. The molecule has 1 aliphatic rings. The van der Waals surface area contributed by atoms with Crippen molar-refractivity contribution in [1.82, 2.24) is 9.80 Å². The Morgan fingerprint density at radius 2 is 1.94 bits per heavy atom. The smallest absolute Gasteiger partial charge is 0.236 e. The molecule has 1 rings (SSSR count). The van der Waals surface area contributed by atoms with Crippen LogP contribution in [-0.4, -0.2) is 54.2 Å². The minimum atomic E-state index is 0.169. The molecule has 4 nitrogen and oxygen atoms in total. The first-order valence-electron chi connectivity index (χ1n) is 6.19. The molecule has 1 amide bonds. The number of carbonyl (C=O) groups is 2. The monoisotopic (exact) mass is 226 g/mol. The molecule has 1 aliphatic heterocycles. The van der Waals surface area contributed by atoms with Crippen LogP contribution in [0.25, 0.3) is 0 Å². The maximum absolute atomic E-state index is 11.9. The average molecular weight is 226 g/mol. The zero-order valence-corrected chi connectivity index (χ0v) is 10.4. The minimum absolute atomic E-state index is 0.169. The van der Waals surface area contributed by atoms with Gasteiger partial charge in [-0.05, 0) is 19.5 Å². The van der Waals surface area contributed by atoms with Crippen molar-refractivity contribution in [1.29, 1.82) is 0 Å². The van der Waals surface area contributed by atoms with E-state index in [0.717, 1.165) is 19.5 Å². The van der Waals surface area contributed by atoms with Crippen LogP contribution in [0.2, 0.25) is 0 Å². The van der Waals surface area contributed by atoms with Crippen LogP contribution in [0.5, 0.6) is 0 Å². The van der Waals surface area contributed by atoms with Crippen molar-refractivity contribution in [3.63, 3.8) is 0 Å². The van der Waals surface area contributed by atoms with Crippen molar-refractivity contribution in [3.05, 3.63) is 0 Å². The van der Waals surface area contributed by atoms with E-state index in [-0.39, 0.29) is 11.7 Å². The van der Waals surface area contributed by atoms with Crippen LogP contribution in [0, 0.1) is 0 Å². The fourth-order valence-electron chi connectivity index (χ4n) is 1.96. The highest BCUT2D eigenvalue weighted by Gasteiger charge is 2.21. The first kappa shape index (κ1) is 13.2. The van der Waals surface area contributed by atoms with Gasteiger partial charge in [0.15, 0.2) is 0 Å². The Bertz CT molecular complexity index is 243. The molecule has 1 fully saturated rings. The zero-order chi connectivity index (χ0) is 12.0. The molecule has 0 radical (unpaired) electrons. The number of likely N-dealkylation sites (tertiary alicyclic amines) is 1. The van der Waals surface area contributed by atoms with Gasteiger partial charge in [0.25, 0.3) is 0 Å². The van der Waals surface area contributed by atoms with Gasteiger partial charge in [-0.25, -0.2) is 0 Å². The van der Waals surface area contributed by atoms with E-state index in [9.17, 15) is 9.59 Å². The Morgan fingerprint density at radius 1 is 1.31 bits per heavy atom. The Morgan fingerprint density at radius 3 is 2.44 bits per heavy atom. The Labute approximate surface area is 97.6 Å². The van der Waals surface area contributed by atoms with Crippen molar-refractivity contribution in [3.8, 4) is 0 Å². The molecular formula is C12H22N2O2. The summed E-state index contributed by atoms with van der Waals surface area (Å²) in [4.78, 5) is 27.0. The third-order valence-corrected chi connectivity index (χ3v) is 3.02. The third kappa shape index (κ3) is 3.93. The molecule has 0 unspecified atom stereocenters. The number of Topliss-reactive ketones (excluding diaryl/α,β-unsaturated/α-hetero) is 1. The summed E-state index contributed by atoms with van der Waals surface area (Å²) in [5, 5.41) is 0. The van der Waals surface area contributed by atoms with E-state index >= 15 is 0 Å². The molecule has 0 aromatic carbocycles. The van der Waals surface area contributed by atoms with E-state index in [1.54, 1.807) is 0 Å². The van der Waals surface area contributed by atoms with E-state index in [1.807, 2.05) is 4.90 Å². The number of ketones is 1. The van der Waals surface area contributed by atoms with E-state index in [4.69, 9.17) is 0 Å². The second kappa shape index (κ2) is 6.63. The van der Waals surface area contributed by atoms with Crippen LogP contribution in [0.1, 0.15) is 33.1 Å². The number of hydrogen-bond donors (Lipinski definition) is 0. The predicted octanol–water partition coefficient (Wildman–Crippen LogP) is 0.910. The Hall–Kier alpha value is -0.900. The highest BCUT2D eigenvalue weighted by atomic mass is 16.2. The lowest BCUT2D eigenvalue weighted by Crippen LogP contribution is -2.44. The average Bonchev–Trinajstić information content (AvgIpc) is 2.29. The van der Waals surface area contributed by atoms with Crippen LogP contribution in [0.15, 0.2) is 0 Å². The zero-order valence-electron chi connectivity index (χ0n) is 10.4. The highest BCUT2D eigenvalue weighted by molar-refractivity contribution is 5.84. The second-order valence-corrected chi connectivity index (χ2v) is 4.29. The molecule has 1 saturated heterocycles. The summed E-state index contributed by atoms with van der Waals surface area (Å²) < 4.78 is 0. The highest BCUT2D eigenvalue weighted by Crippen LogP contribution is 2.06. The van der Waals surface area contributed by atoms with Gasteiger partial charge in [0.05, 0.1) is 6.54 Å². The molecule has 0 atom stereocenters. The maximum Gasteiger partial charge on any atom is 0.236 e. The van der Waals surface area contributed by atoms with Crippen molar-refractivity contribution >= 4 is 11.7 Å². The largest absolute Gasteiger partial charge is 0.341 e. The summed E-state index contributed by atoms with van der Waals surface area (Å²) in [6.07, 6.45) is 2.14.